The molecule has 0 unspecified atom stereocenters. The van der Waals surface area contributed by atoms with E-state index in [4.69, 9.17) is 5.26 Å². The summed E-state index contributed by atoms with van der Waals surface area (Å²) in [7, 11) is 0. The maximum atomic E-state index is 9.77. The van der Waals surface area contributed by atoms with E-state index in [9.17, 15) is 5.21 Å². The molecule has 72 valence electrons. The predicted octanol–water partition coefficient (Wildman–Crippen LogP) is 1.72. The summed E-state index contributed by atoms with van der Waals surface area (Å²) < 4.78 is 1.56. The molecule has 1 heterocycles. The van der Waals surface area contributed by atoms with Gasteiger partial charge in [0.1, 0.15) is 11.6 Å². The van der Waals surface area contributed by atoms with Gasteiger partial charge in [0.15, 0.2) is 0 Å². The van der Waals surface area contributed by atoms with Crippen molar-refractivity contribution in [3.05, 3.63) is 27.5 Å². The van der Waals surface area contributed by atoms with Crippen molar-refractivity contribution in [2.75, 3.05) is 0 Å². The molecule has 1 N–H and O–H groups in total. The molecule has 0 amide bonds. The minimum absolute atomic E-state index is 0.459. The van der Waals surface area contributed by atoms with Gasteiger partial charge in [0.25, 0.3) is 0 Å². The lowest BCUT2D eigenvalue weighted by Crippen LogP contribution is -2.40. The molecule has 14 heavy (non-hydrogen) atoms. The summed E-state index contributed by atoms with van der Waals surface area (Å²) in [6.45, 7) is 0. The topological polar surface area (TPSA) is 47.9 Å². The Labute approximate surface area is 90.7 Å². The van der Waals surface area contributed by atoms with Gasteiger partial charge < -0.3 is 0 Å². The van der Waals surface area contributed by atoms with E-state index in [1.54, 1.807) is 0 Å². The number of rotatable bonds is 0. The Bertz CT molecular complexity index is 423. The molecule has 0 bridgehead atoms. The van der Waals surface area contributed by atoms with E-state index in [0.29, 0.717) is 10.2 Å². The van der Waals surface area contributed by atoms with Crippen LogP contribution in [-0.2, 0) is 12.8 Å². The lowest BCUT2D eigenvalue weighted by atomic mass is 9.95. The highest BCUT2D eigenvalue weighted by Crippen LogP contribution is 2.22. The lowest BCUT2D eigenvalue weighted by Gasteiger charge is -2.11. The largest absolute Gasteiger partial charge is 0.316 e. The zero-order chi connectivity index (χ0) is 10.1. The molecule has 1 aliphatic carbocycles. The monoisotopic (exact) mass is 253 g/mol. The molecule has 0 spiro atoms. The van der Waals surface area contributed by atoms with Crippen molar-refractivity contribution < 1.29 is 9.94 Å². The SMILES string of the molecule is N#Cc1cc2c([n+](O)c1Br)CCCC2. The Morgan fingerprint density at radius 3 is 2.86 bits per heavy atom. The number of pyridine rings is 1. The molecule has 0 saturated carbocycles. The van der Waals surface area contributed by atoms with Crippen LogP contribution in [0.4, 0.5) is 0 Å². The molecule has 1 aliphatic rings. The van der Waals surface area contributed by atoms with Crippen molar-refractivity contribution in [1.29, 1.82) is 5.26 Å². The minimum atomic E-state index is 0.459. The van der Waals surface area contributed by atoms with Crippen LogP contribution in [0.3, 0.4) is 0 Å². The molecule has 3 nitrogen and oxygen atoms in total. The Morgan fingerprint density at radius 1 is 1.43 bits per heavy atom. The molecule has 0 radical (unpaired) electrons. The van der Waals surface area contributed by atoms with E-state index in [0.717, 1.165) is 41.7 Å². The second-order valence-electron chi connectivity index (χ2n) is 3.45. The average molecular weight is 254 g/mol. The first kappa shape index (κ1) is 9.47. The molecule has 0 aliphatic heterocycles. The molecule has 0 aromatic carbocycles. The average Bonchev–Trinajstić information content (AvgIpc) is 2.23. The number of fused-ring (bicyclic) bond motifs is 1. The third kappa shape index (κ3) is 1.38. The van der Waals surface area contributed by atoms with Crippen LogP contribution >= 0.6 is 15.9 Å². The number of aromatic nitrogens is 1. The Balaban J connectivity index is 2.64. The maximum Gasteiger partial charge on any atom is 0.316 e. The Kier molecular flexibility index (Phi) is 2.42. The number of halogens is 1. The summed E-state index contributed by atoms with van der Waals surface area (Å²) in [5.74, 6) is 0. The number of nitriles is 1. The van der Waals surface area contributed by atoms with Gasteiger partial charge in [-0.05, 0) is 25.3 Å². The van der Waals surface area contributed by atoms with Crippen LogP contribution in [0.2, 0.25) is 0 Å². The number of aryl methyl sites for hydroxylation is 1. The standard InChI is InChI=1S/C10H10BrN2O/c11-10-8(6-12)5-7-3-1-2-4-9(7)13(10)14/h5,14H,1-4H2/q+1. The van der Waals surface area contributed by atoms with Crippen molar-refractivity contribution in [2.24, 2.45) is 0 Å². The van der Waals surface area contributed by atoms with Gasteiger partial charge >= 0.3 is 4.60 Å². The number of hydrogen-bond donors (Lipinski definition) is 1. The summed E-state index contributed by atoms with van der Waals surface area (Å²) in [4.78, 5) is 0. The first-order chi connectivity index (χ1) is 6.74. The van der Waals surface area contributed by atoms with Gasteiger partial charge in [-0.15, -0.1) is 0 Å². The third-order valence-corrected chi connectivity index (χ3v) is 3.35. The van der Waals surface area contributed by atoms with Gasteiger partial charge in [0.05, 0.1) is 0 Å². The Morgan fingerprint density at radius 2 is 2.14 bits per heavy atom. The van der Waals surface area contributed by atoms with Gasteiger partial charge in [0.2, 0.25) is 5.69 Å². The van der Waals surface area contributed by atoms with Crippen LogP contribution in [0, 0.1) is 11.3 Å². The normalized spacial score (nSPS) is 14.6. The predicted molar refractivity (Wildman–Crippen MR) is 52.9 cm³/mol. The number of nitrogens with zero attached hydrogens (tertiary/aromatic N) is 2. The van der Waals surface area contributed by atoms with Gasteiger partial charge in [-0.2, -0.15) is 5.26 Å². The molecular formula is C10H10BrN2O+. The molecule has 4 heteroatoms. The van der Waals surface area contributed by atoms with Crippen LogP contribution in [0.15, 0.2) is 10.7 Å². The second kappa shape index (κ2) is 3.58. The Hall–Kier alpha value is -1.08. The maximum absolute atomic E-state index is 9.77. The van der Waals surface area contributed by atoms with Gasteiger partial charge in [0, 0.05) is 32.6 Å². The van der Waals surface area contributed by atoms with Crippen molar-refractivity contribution in [3.63, 3.8) is 0 Å². The molecular weight excluding hydrogens is 244 g/mol. The van der Waals surface area contributed by atoms with Crippen molar-refractivity contribution in [3.8, 4) is 6.07 Å². The quantitative estimate of drug-likeness (QED) is 0.435. The second-order valence-corrected chi connectivity index (χ2v) is 4.20. The van der Waals surface area contributed by atoms with E-state index in [1.807, 2.05) is 6.07 Å². The van der Waals surface area contributed by atoms with Crippen LogP contribution in [0.5, 0.6) is 0 Å². The lowest BCUT2D eigenvalue weighted by molar-refractivity contribution is -0.918. The van der Waals surface area contributed by atoms with E-state index < -0.39 is 0 Å². The van der Waals surface area contributed by atoms with Crippen LogP contribution in [-0.4, -0.2) is 5.21 Å². The highest BCUT2D eigenvalue weighted by Gasteiger charge is 2.26. The van der Waals surface area contributed by atoms with Crippen molar-refractivity contribution in [1.82, 2.24) is 0 Å². The van der Waals surface area contributed by atoms with E-state index in [-0.39, 0.29) is 0 Å². The third-order valence-electron chi connectivity index (χ3n) is 2.58. The highest BCUT2D eigenvalue weighted by atomic mass is 79.9. The van der Waals surface area contributed by atoms with E-state index in [2.05, 4.69) is 22.0 Å². The highest BCUT2D eigenvalue weighted by molar-refractivity contribution is 9.10. The smallest absolute Gasteiger partial charge is 0.284 e. The molecule has 0 saturated heterocycles. The van der Waals surface area contributed by atoms with Crippen LogP contribution in [0.25, 0.3) is 0 Å². The van der Waals surface area contributed by atoms with Crippen molar-refractivity contribution >= 4 is 15.9 Å². The molecule has 1 aromatic rings. The fourth-order valence-electron chi connectivity index (χ4n) is 1.85. The molecule has 1 aromatic heterocycles. The number of hydrogen-bond acceptors (Lipinski definition) is 2. The van der Waals surface area contributed by atoms with Gasteiger partial charge in [-0.3, -0.25) is 5.21 Å². The van der Waals surface area contributed by atoms with Crippen molar-refractivity contribution in [2.45, 2.75) is 25.7 Å². The minimum Gasteiger partial charge on any atom is -0.284 e. The molecule has 2 rings (SSSR count). The summed E-state index contributed by atoms with van der Waals surface area (Å²) in [5, 5.41) is 18.6. The zero-order valence-corrected chi connectivity index (χ0v) is 9.21. The molecule has 0 fully saturated rings. The first-order valence-electron chi connectivity index (χ1n) is 4.59. The summed E-state index contributed by atoms with van der Waals surface area (Å²) >= 11 is 3.21. The first-order valence-corrected chi connectivity index (χ1v) is 5.39. The van der Waals surface area contributed by atoms with E-state index in [1.165, 1.54) is 0 Å². The van der Waals surface area contributed by atoms with Gasteiger partial charge in [-0.25, -0.2) is 0 Å². The fourth-order valence-corrected chi connectivity index (χ4v) is 2.27. The summed E-state index contributed by atoms with van der Waals surface area (Å²) in [5.41, 5.74) is 2.52. The molecule has 0 atom stereocenters. The zero-order valence-electron chi connectivity index (χ0n) is 7.63. The van der Waals surface area contributed by atoms with Crippen LogP contribution in [0.1, 0.15) is 29.7 Å². The summed E-state index contributed by atoms with van der Waals surface area (Å²) in [6.07, 6.45) is 4.08. The van der Waals surface area contributed by atoms with Gasteiger partial charge in [-0.1, -0.05) is 0 Å². The fraction of sp³-hybridized carbons (Fsp3) is 0.400. The summed E-state index contributed by atoms with van der Waals surface area (Å²) in [6, 6.07) is 3.92. The van der Waals surface area contributed by atoms with E-state index >= 15 is 0 Å². The van der Waals surface area contributed by atoms with Crippen LogP contribution < -0.4 is 4.73 Å².